The Kier molecular flexibility index (Phi) is 5.11. The predicted octanol–water partition coefficient (Wildman–Crippen LogP) is 3.70. The fraction of sp³-hybridized carbons (Fsp3) is 0.136. The Balaban J connectivity index is 1.47. The highest BCUT2D eigenvalue weighted by molar-refractivity contribution is 5.99. The molecule has 1 amide bonds. The Morgan fingerprint density at radius 1 is 0.966 bits per heavy atom. The van der Waals surface area contributed by atoms with Crippen molar-refractivity contribution in [2.45, 2.75) is 19.8 Å². The van der Waals surface area contributed by atoms with Gasteiger partial charge in [0.2, 0.25) is 11.9 Å². The zero-order valence-electron chi connectivity index (χ0n) is 15.9. The first-order valence-corrected chi connectivity index (χ1v) is 9.27. The highest BCUT2D eigenvalue weighted by atomic mass is 16.2. The van der Waals surface area contributed by atoms with Crippen molar-refractivity contribution in [3.05, 3.63) is 78.2 Å². The van der Waals surface area contributed by atoms with Crippen molar-refractivity contribution >= 4 is 23.3 Å². The topological polar surface area (TPSA) is 89.2 Å². The molecule has 7 nitrogen and oxygen atoms in total. The molecule has 29 heavy (non-hydrogen) atoms. The van der Waals surface area contributed by atoms with E-state index in [2.05, 4.69) is 20.3 Å². The van der Waals surface area contributed by atoms with Gasteiger partial charge in [-0.1, -0.05) is 36.4 Å². The van der Waals surface area contributed by atoms with Crippen LogP contribution >= 0.6 is 0 Å². The minimum atomic E-state index is -0.304. The fourth-order valence-corrected chi connectivity index (χ4v) is 3.16. The summed E-state index contributed by atoms with van der Waals surface area (Å²) in [4.78, 5) is 37.5. The zero-order chi connectivity index (χ0) is 20.2. The van der Waals surface area contributed by atoms with Crippen LogP contribution < -0.4 is 5.32 Å². The number of carbonyl (C=O) groups is 2. The smallest absolute Gasteiger partial charge is 0.229 e. The molecule has 4 aromatic rings. The van der Waals surface area contributed by atoms with Gasteiger partial charge in [0, 0.05) is 30.8 Å². The second-order valence-corrected chi connectivity index (χ2v) is 6.58. The van der Waals surface area contributed by atoms with E-state index in [1.54, 1.807) is 36.5 Å². The van der Waals surface area contributed by atoms with Crippen LogP contribution in [-0.2, 0) is 4.79 Å². The SMILES string of the molecule is Cc1nc2ccccn2c1-c1ccnc(NC(=O)CCC(=O)c2ccccc2)n1. The van der Waals surface area contributed by atoms with Crippen LogP contribution in [0.5, 0.6) is 0 Å². The molecule has 0 radical (unpaired) electrons. The van der Waals surface area contributed by atoms with Gasteiger partial charge in [0.05, 0.1) is 17.1 Å². The quantitative estimate of drug-likeness (QED) is 0.511. The average molecular weight is 385 g/mol. The molecule has 0 unspecified atom stereocenters. The number of ketones is 1. The van der Waals surface area contributed by atoms with Crippen molar-refractivity contribution in [2.75, 3.05) is 5.32 Å². The number of pyridine rings is 1. The number of aromatic nitrogens is 4. The summed E-state index contributed by atoms with van der Waals surface area (Å²) in [5.41, 5.74) is 3.76. The number of aryl methyl sites for hydroxylation is 1. The van der Waals surface area contributed by atoms with Crippen molar-refractivity contribution in [1.29, 1.82) is 0 Å². The minimum Gasteiger partial charge on any atom is -0.298 e. The maximum atomic E-state index is 12.3. The molecule has 0 bridgehead atoms. The third-order valence-corrected chi connectivity index (χ3v) is 4.53. The van der Waals surface area contributed by atoms with E-state index < -0.39 is 0 Å². The number of benzene rings is 1. The lowest BCUT2D eigenvalue weighted by molar-refractivity contribution is -0.116. The number of hydrogen-bond acceptors (Lipinski definition) is 5. The third-order valence-electron chi connectivity index (χ3n) is 4.53. The van der Waals surface area contributed by atoms with E-state index in [0.717, 1.165) is 17.0 Å². The Morgan fingerprint density at radius 2 is 1.76 bits per heavy atom. The van der Waals surface area contributed by atoms with Gasteiger partial charge in [0.1, 0.15) is 5.65 Å². The maximum absolute atomic E-state index is 12.3. The largest absolute Gasteiger partial charge is 0.298 e. The lowest BCUT2D eigenvalue weighted by Crippen LogP contribution is -2.15. The highest BCUT2D eigenvalue weighted by Crippen LogP contribution is 2.23. The van der Waals surface area contributed by atoms with Gasteiger partial charge in [0.25, 0.3) is 0 Å². The van der Waals surface area contributed by atoms with Gasteiger partial charge in [-0.3, -0.25) is 19.3 Å². The summed E-state index contributed by atoms with van der Waals surface area (Å²) in [5.74, 6) is -0.178. The summed E-state index contributed by atoms with van der Waals surface area (Å²) in [7, 11) is 0. The van der Waals surface area contributed by atoms with Crippen LogP contribution in [0.25, 0.3) is 17.0 Å². The first-order valence-electron chi connectivity index (χ1n) is 9.27. The monoisotopic (exact) mass is 385 g/mol. The summed E-state index contributed by atoms with van der Waals surface area (Å²) in [5, 5.41) is 2.68. The predicted molar refractivity (Wildman–Crippen MR) is 110 cm³/mol. The van der Waals surface area contributed by atoms with Crippen molar-refractivity contribution in [3.63, 3.8) is 0 Å². The molecule has 1 N–H and O–H groups in total. The fourth-order valence-electron chi connectivity index (χ4n) is 3.16. The van der Waals surface area contributed by atoms with Gasteiger partial charge in [-0.05, 0) is 25.1 Å². The number of Topliss-reactive ketones (excluding diaryl/α,β-unsaturated/α-hetero) is 1. The molecule has 4 rings (SSSR count). The Hall–Kier alpha value is -3.87. The molecule has 0 fully saturated rings. The van der Waals surface area contributed by atoms with Crippen LogP contribution in [0.15, 0.2) is 67.0 Å². The Bertz CT molecular complexity index is 1180. The van der Waals surface area contributed by atoms with E-state index in [-0.39, 0.29) is 30.5 Å². The summed E-state index contributed by atoms with van der Waals surface area (Å²) in [6.45, 7) is 1.91. The van der Waals surface area contributed by atoms with E-state index in [1.165, 1.54) is 0 Å². The summed E-state index contributed by atoms with van der Waals surface area (Å²) >= 11 is 0. The van der Waals surface area contributed by atoms with Gasteiger partial charge in [0.15, 0.2) is 5.78 Å². The minimum absolute atomic E-state index is 0.0654. The van der Waals surface area contributed by atoms with Crippen LogP contribution in [0.3, 0.4) is 0 Å². The number of amides is 1. The molecular weight excluding hydrogens is 366 g/mol. The molecule has 0 aliphatic heterocycles. The number of rotatable bonds is 6. The lowest BCUT2D eigenvalue weighted by Gasteiger charge is -2.06. The van der Waals surface area contributed by atoms with Crippen molar-refractivity contribution in [3.8, 4) is 11.4 Å². The summed E-state index contributed by atoms with van der Waals surface area (Å²) in [6, 6.07) is 16.5. The Labute approximate surface area is 167 Å². The van der Waals surface area contributed by atoms with E-state index in [9.17, 15) is 9.59 Å². The number of anilines is 1. The molecule has 0 saturated carbocycles. The summed E-state index contributed by atoms with van der Waals surface area (Å²) in [6.07, 6.45) is 3.70. The van der Waals surface area contributed by atoms with Gasteiger partial charge >= 0.3 is 0 Å². The molecule has 0 spiro atoms. The maximum Gasteiger partial charge on any atom is 0.229 e. The number of nitrogens with one attached hydrogen (secondary N) is 1. The van der Waals surface area contributed by atoms with Crippen LogP contribution in [0.4, 0.5) is 5.95 Å². The van der Waals surface area contributed by atoms with Crippen LogP contribution in [0.1, 0.15) is 28.9 Å². The second kappa shape index (κ2) is 8.02. The molecule has 0 atom stereocenters. The Morgan fingerprint density at radius 3 is 2.59 bits per heavy atom. The van der Waals surface area contributed by atoms with Crippen LogP contribution in [0.2, 0.25) is 0 Å². The zero-order valence-corrected chi connectivity index (χ0v) is 15.9. The molecule has 144 valence electrons. The number of hydrogen-bond donors (Lipinski definition) is 1. The first-order chi connectivity index (χ1) is 14.1. The van der Waals surface area contributed by atoms with Crippen molar-refractivity contribution in [1.82, 2.24) is 19.4 Å². The molecule has 1 aromatic carbocycles. The first kappa shape index (κ1) is 18.5. The third kappa shape index (κ3) is 4.03. The van der Waals surface area contributed by atoms with Gasteiger partial charge in [-0.2, -0.15) is 0 Å². The molecule has 3 aromatic heterocycles. The molecule has 3 heterocycles. The molecule has 0 aliphatic rings. The van der Waals surface area contributed by atoms with E-state index in [1.807, 2.05) is 41.8 Å². The average Bonchev–Trinajstić information content (AvgIpc) is 3.08. The number of fused-ring (bicyclic) bond motifs is 1. The molecule has 0 aliphatic carbocycles. The molecular formula is C22H19N5O2. The number of nitrogens with zero attached hydrogens (tertiary/aromatic N) is 4. The second-order valence-electron chi connectivity index (χ2n) is 6.58. The number of carbonyl (C=O) groups excluding carboxylic acids is 2. The van der Waals surface area contributed by atoms with Crippen molar-refractivity contribution < 1.29 is 9.59 Å². The highest BCUT2D eigenvalue weighted by Gasteiger charge is 2.14. The van der Waals surface area contributed by atoms with Crippen molar-refractivity contribution in [2.24, 2.45) is 0 Å². The normalized spacial score (nSPS) is 10.8. The van der Waals surface area contributed by atoms with Gasteiger partial charge < -0.3 is 0 Å². The molecule has 7 heteroatoms. The number of imidazole rings is 1. The summed E-state index contributed by atoms with van der Waals surface area (Å²) < 4.78 is 1.95. The molecule has 0 saturated heterocycles. The van der Waals surface area contributed by atoms with E-state index in [4.69, 9.17) is 0 Å². The van der Waals surface area contributed by atoms with Gasteiger partial charge in [-0.25, -0.2) is 15.0 Å². The van der Waals surface area contributed by atoms with Gasteiger partial charge in [-0.15, -0.1) is 0 Å². The lowest BCUT2D eigenvalue weighted by atomic mass is 10.1. The van der Waals surface area contributed by atoms with E-state index >= 15 is 0 Å². The van der Waals surface area contributed by atoms with Crippen LogP contribution in [0, 0.1) is 6.92 Å². The standard InChI is InChI=1S/C22H19N5O2/c1-15-21(27-14-6-5-9-19(27)24-15)17-12-13-23-22(25-17)26-20(29)11-10-18(28)16-7-3-2-4-8-16/h2-9,12-14H,10-11H2,1H3,(H,23,25,26,29). The van der Waals surface area contributed by atoms with E-state index in [0.29, 0.717) is 11.3 Å². The van der Waals surface area contributed by atoms with Crippen LogP contribution in [-0.4, -0.2) is 31.0 Å².